The molecule has 0 saturated heterocycles. The van der Waals surface area contributed by atoms with E-state index >= 15 is 0 Å². The molecule has 18 heavy (non-hydrogen) atoms. The van der Waals surface area contributed by atoms with Crippen LogP contribution in [-0.2, 0) is 17.9 Å². The van der Waals surface area contributed by atoms with Crippen LogP contribution in [0.5, 0.6) is 0 Å². The van der Waals surface area contributed by atoms with E-state index in [9.17, 15) is 9.90 Å². The molecule has 0 fully saturated rings. The van der Waals surface area contributed by atoms with Gasteiger partial charge in [-0.05, 0) is 12.1 Å². The third-order valence-electron chi connectivity index (χ3n) is 2.57. The molecule has 2 aromatic heterocycles. The number of rotatable bonds is 4. The highest BCUT2D eigenvalue weighted by atomic mass is 16.3. The summed E-state index contributed by atoms with van der Waals surface area (Å²) in [5.74, 6) is -0.261. The Morgan fingerprint density at radius 2 is 2.44 bits per heavy atom. The molecule has 1 amide bonds. The average molecular weight is 244 g/mol. The van der Waals surface area contributed by atoms with E-state index in [1.165, 1.54) is 0 Å². The van der Waals surface area contributed by atoms with Crippen molar-refractivity contribution >= 4 is 16.9 Å². The van der Waals surface area contributed by atoms with Crippen LogP contribution in [0, 0.1) is 11.3 Å². The maximum atomic E-state index is 11.5. The van der Waals surface area contributed by atoms with Crippen LogP contribution in [0.4, 0.5) is 0 Å². The van der Waals surface area contributed by atoms with Crippen molar-refractivity contribution in [1.29, 1.82) is 5.26 Å². The second-order valence-electron chi connectivity index (χ2n) is 3.75. The Bertz CT molecular complexity index is 612. The van der Waals surface area contributed by atoms with E-state index in [0.29, 0.717) is 5.65 Å². The van der Waals surface area contributed by atoms with E-state index in [1.807, 2.05) is 12.1 Å². The lowest BCUT2D eigenvalue weighted by Crippen LogP contribution is -2.27. The van der Waals surface area contributed by atoms with Gasteiger partial charge in [0.1, 0.15) is 18.7 Å². The number of pyridine rings is 1. The van der Waals surface area contributed by atoms with E-state index in [0.717, 1.165) is 10.9 Å². The van der Waals surface area contributed by atoms with Gasteiger partial charge in [0.2, 0.25) is 5.91 Å². The second kappa shape index (κ2) is 5.29. The minimum atomic E-state index is -0.261. The minimum Gasteiger partial charge on any atom is -0.392 e. The number of nitrogens with one attached hydrogen (secondary N) is 1. The molecular weight excluding hydrogens is 232 g/mol. The van der Waals surface area contributed by atoms with Crippen LogP contribution < -0.4 is 5.32 Å². The molecule has 92 valence electrons. The normalized spacial score (nSPS) is 10.2. The number of carbonyl (C=O) groups excluding carboxylic acids is 1. The fourth-order valence-electron chi connectivity index (χ4n) is 1.79. The molecule has 0 bridgehead atoms. The lowest BCUT2D eigenvalue weighted by Gasteiger charge is -2.03. The summed E-state index contributed by atoms with van der Waals surface area (Å²) in [6.07, 6.45) is 3.33. The summed E-state index contributed by atoms with van der Waals surface area (Å²) >= 11 is 0. The molecule has 0 aliphatic carbocycles. The van der Waals surface area contributed by atoms with E-state index in [4.69, 9.17) is 5.26 Å². The topological polar surface area (TPSA) is 90.9 Å². The largest absolute Gasteiger partial charge is 0.392 e. The zero-order valence-electron chi connectivity index (χ0n) is 9.63. The predicted molar refractivity (Wildman–Crippen MR) is 64.3 cm³/mol. The maximum absolute atomic E-state index is 11.5. The first-order valence-electron chi connectivity index (χ1n) is 5.43. The van der Waals surface area contributed by atoms with Gasteiger partial charge >= 0.3 is 0 Å². The van der Waals surface area contributed by atoms with Crippen LogP contribution in [0.15, 0.2) is 24.5 Å². The third-order valence-corrected chi connectivity index (χ3v) is 2.57. The molecule has 2 N–H and O–H groups in total. The Hall–Kier alpha value is -2.39. The third kappa shape index (κ3) is 2.31. The van der Waals surface area contributed by atoms with Crippen molar-refractivity contribution in [1.82, 2.24) is 14.9 Å². The highest BCUT2D eigenvalue weighted by Gasteiger charge is 2.10. The van der Waals surface area contributed by atoms with Crippen LogP contribution in [0.25, 0.3) is 11.0 Å². The van der Waals surface area contributed by atoms with Crippen LogP contribution in [0.1, 0.15) is 5.56 Å². The molecule has 0 atom stereocenters. The number of aromatic nitrogens is 2. The van der Waals surface area contributed by atoms with Crippen LogP contribution in [0.3, 0.4) is 0 Å². The van der Waals surface area contributed by atoms with Crippen molar-refractivity contribution < 1.29 is 9.90 Å². The van der Waals surface area contributed by atoms with Crippen molar-refractivity contribution in [2.75, 3.05) is 6.54 Å². The molecule has 0 aliphatic rings. The molecule has 0 aliphatic heterocycles. The first kappa shape index (κ1) is 12.1. The monoisotopic (exact) mass is 244 g/mol. The number of nitriles is 1. The van der Waals surface area contributed by atoms with E-state index < -0.39 is 0 Å². The number of amides is 1. The number of fused-ring (bicyclic) bond motifs is 1. The second-order valence-corrected chi connectivity index (χ2v) is 3.75. The van der Waals surface area contributed by atoms with Gasteiger partial charge in [-0.1, -0.05) is 0 Å². The number of aliphatic hydroxyl groups excluding tert-OH is 1. The van der Waals surface area contributed by atoms with Gasteiger partial charge in [-0.3, -0.25) is 4.79 Å². The Morgan fingerprint density at radius 3 is 3.17 bits per heavy atom. The molecule has 0 saturated carbocycles. The summed E-state index contributed by atoms with van der Waals surface area (Å²) in [6, 6.07) is 5.47. The van der Waals surface area contributed by atoms with Gasteiger partial charge in [0.05, 0.1) is 12.7 Å². The van der Waals surface area contributed by atoms with Crippen molar-refractivity contribution in [3.8, 4) is 6.07 Å². The Morgan fingerprint density at radius 1 is 1.61 bits per heavy atom. The standard InChI is InChI=1S/C12H12N4O2/c13-3-5-14-11(18)7-16-6-9(8-17)10-2-1-4-15-12(10)16/h1-2,4,6,17H,5,7-8H2,(H,14,18). The van der Waals surface area contributed by atoms with Crippen LogP contribution in [0.2, 0.25) is 0 Å². The molecule has 6 nitrogen and oxygen atoms in total. The Kier molecular flexibility index (Phi) is 3.55. The number of nitrogens with zero attached hydrogens (tertiary/aromatic N) is 3. The predicted octanol–water partition coefficient (Wildman–Crippen LogP) is 0.168. The fraction of sp³-hybridized carbons (Fsp3) is 0.250. The van der Waals surface area contributed by atoms with Crippen LogP contribution >= 0.6 is 0 Å². The molecule has 2 rings (SSSR count). The summed E-state index contributed by atoms with van der Waals surface area (Å²) in [7, 11) is 0. The fourth-order valence-corrected chi connectivity index (χ4v) is 1.79. The van der Waals surface area contributed by atoms with E-state index in [-0.39, 0.29) is 25.6 Å². The van der Waals surface area contributed by atoms with Gasteiger partial charge in [-0.15, -0.1) is 0 Å². The summed E-state index contributed by atoms with van der Waals surface area (Å²) in [6.45, 7) is -0.0392. The Labute approximate surface area is 103 Å². The molecule has 0 unspecified atom stereocenters. The van der Waals surface area contributed by atoms with Gasteiger partial charge in [0.25, 0.3) is 0 Å². The number of aliphatic hydroxyl groups is 1. The molecule has 6 heteroatoms. The highest BCUT2D eigenvalue weighted by Crippen LogP contribution is 2.18. The van der Waals surface area contributed by atoms with Gasteiger partial charge in [-0.25, -0.2) is 4.98 Å². The number of hydrogen-bond donors (Lipinski definition) is 2. The van der Waals surface area contributed by atoms with Crippen LogP contribution in [-0.4, -0.2) is 27.1 Å². The molecule has 2 aromatic rings. The minimum absolute atomic E-state index is 0.0156. The molecule has 2 heterocycles. The van der Waals surface area contributed by atoms with Crippen molar-refractivity contribution in [2.45, 2.75) is 13.2 Å². The summed E-state index contributed by atoms with van der Waals surface area (Å²) < 4.78 is 1.66. The van der Waals surface area contributed by atoms with E-state index in [2.05, 4.69) is 10.3 Å². The number of carbonyl (C=O) groups is 1. The number of hydrogen-bond acceptors (Lipinski definition) is 4. The van der Waals surface area contributed by atoms with Crippen molar-refractivity contribution in [3.05, 3.63) is 30.1 Å². The lowest BCUT2D eigenvalue weighted by atomic mass is 10.2. The van der Waals surface area contributed by atoms with Gasteiger partial charge in [-0.2, -0.15) is 5.26 Å². The zero-order valence-corrected chi connectivity index (χ0v) is 9.63. The SMILES string of the molecule is N#CCNC(=O)Cn1cc(CO)c2cccnc21. The first-order valence-corrected chi connectivity index (χ1v) is 5.43. The summed E-state index contributed by atoms with van der Waals surface area (Å²) in [4.78, 5) is 15.7. The van der Waals surface area contributed by atoms with E-state index in [1.54, 1.807) is 23.0 Å². The summed E-state index contributed by atoms with van der Waals surface area (Å²) in [5.41, 5.74) is 1.37. The smallest absolute Gasteiger partial charge is 0.240 e. The molecule has 0 spiro atoms. The van der Waals surface area contributed by atoms with Crippen molar-refractivity contribution in [3.63, 3.8) is 0 Å². The molecule has 0 aromatic carbocycles. The van der Waals surface area contributed by atoms with Gasteiger partial charge in [0, 0.05) is 23.3 Å². The zero-order chi connectivity index (χ0) is 13.0. The highest BCUT2D eigenvalue weighted by molar-refractivity contribution is 5.83. The molecule has 0 radical (unpaired) electrons. The quantitative estimate of drug-likeness (QED) is 0.750. The first-order chi connectivity index (χ1) is 8.76. The average Bonchev–Trinajstić information content (AvgIpc) is 2.75. The van der Waals surface area contributed by atoms with Crippen molar-refractivity contribution in [2.24, 2.45) is 0 Å². The van der Waals surface area contributed by atoms with Gasteiger partial charge in [0.15, 0.2) is 0 Å². The Balaban J connectivity index is 2.28. The lowest BCUT2D eigenvalue weighted by molar-refractivity contribution is -0.121. The van der Waals surface area contributed by atoms with Gasteiger partial charge < -0.3 is 15.0 Å². The molecular formula is C12H12N4O2. The summed E-state index contributed by atoms with van der Waals surface area (Å²) in [5, 5.41) is 20.9. The maximum Gasteiger partial charge on any atom is 0.240 e.